The molecule has 0 aliphatic rings. The van der Waals surface area contributed by atoms with Crippen molar-refractivity contribution in [1.82, 2.24) is 4.90 Å². The van der Waals surface area contributed by atoms with Gasteiger partial charge in [0.05, 0.1) is 13.2 Å². The first-order valence-electron chi connectivity index (χ1n) is 8.48. The van der Waals surface area contributed by atoms with E-state index in [0.29, 0.717) is 24.4 Å². The molecule has 26 heavy (non-hydrogen) atoms. The Hall–Kier alpha value is -3.02. The van der Waals surface area contributed by atoms with E-state index < -0.39 is 6.09 Å². The molecular weight excluding hydrogens is 332 g/mol. The second-order valence-electron chi connectivity index (χ2n) is 5.82. The predicted octanol–water partition coefficient (Wildman–Crippen LogP) is 3.71. The van der Waals surface area contributed by atoms with Crippen molar-refractivity contribution < 1.29 is 19.1 Å². The molecule has 0 aliphatic heterocycles. The number of nitrogens with zero attached hydrogens (tertiary/aromatic N) is 1. The van der Waals surface area contributed by atoms with Gasteiger partial charge in [-0.15, -0.1) is 0 Å². The summed E-state index contributed by atoms with van der Waals surface area (Å²) < 4.78 is 10.5. The highest BCUT2D eigenvalue weighted by Gasteiger charge is 2.13. The molecule has 0 atom stereocenters. The summed E-state index contributed by atoms with van der Waals surface area (Å²) in [5.41, 5.74) is 2.12. The molecular formula is C20H24N2O4. The van der Waals surface area contributed by atoms with Crippen molar-refractivity contribution in [2.75, 3.05) is 32.1 Å². The maximum Gasteiger partial charge on any atom is 0.411 e. The third kappa shape index (κ3) is 5.81. The quantitative estimate of drug-likeness (QED) is 0.821. The molecule has 0 heterocycles. The van der Waals surface area contributed by atoms with Gasteiger partial charge in [0.2, 0.25) is 0 Å². The Labute approximate surface area is 153 Å². The van der Waals surface area contributed by atoms with Crippen LogP contribution in [0.3, 0.4) is 0 Å². The van der Waals surface area contributed by atoms with Crippen LogP contribution in [-0.4, -0.2) is 43.7 Å². The molecule has 0 aromatic heterocycles. The van der Waals surface area contributed by atoms with Crippen LogP contribution >= 0.6 is 0 Å². The van der Waals surface area contributed by atoms with E-state index in [9.17, 15) is 9.59 Å². The zero-order chi connectivity index (χ0) is 18.9. The molecule has 138 valence electrons. The number of anilines is 1. The molecule has 1 N–H and O–H groups in total. The molecule has 0 saturated heterocycles. The molecule has 0 aliphatic carbocycles. The third-order valence-electron chi connectivity index (χ3n) is 3.66. The Bertz CT molecular complexity index is 761. The van der Waals surface area contributed by atoms with Crippen molar-refractivity contribution in [1.29, 1.82) is 0 Å². The molecule has 2 aromatic rings. The Morgan fingerprint density at radius 3 is 2.62 bits per heavy atom. The summed E-state index contributed by atoms with van der Waals surface area (Å²) in [5, 5.41) is 2.59. The van der Waals surface area contributed by atoms with Gasteiger partial charge in [-0.2, -0.15) is 0 Å². The van der Waals surface area contributed by atoms with Gasteiger partial charge in [-0.3, -0.25) is 10.1 Å². The van der Waals surface area contributed by atoms with Gasteiger partial charge in [0.25, 0.3) is 5.91 Å². The minimum Gasteiger partial charge on any atom is -0.492 e. The largest absolute Gasteiger partial charge is 0.492 e. The Kier molecular flexibility index (Phi) is 7.02. The Balaban J connectivity index is 1.90. The first kappa shape index (κ1) is 19.3. The minimum absolute atomic E-state index is 0.148. The monoisotopic (exact) mass is 356 g/mol. The number of benzene rings is 2. The summed E-state index contributed by atoms with van der Waals surface area (Å²) in [5.74, 6) is 0.636. The average molecular weight is 356 g/mol. The maximum absolute atomic E-state index is 12.5. The number of carbonyl (C=O) groups excluding carboxylic acids is 2. The zero-order valence-electron chi connectivity index (χ0n) is 15.3. The number of aryl methyl sites for hydroxylation is 1. The molecule has 6 nitrogen and oxygen atoms in total. The van der Waals surface area contributed by atoms with E-state index in [1.54, 1.807) is 43.1 Å². The normalized spacial score (nSPS) is 10.1. The Morgan fingerprint density at radius 1 is 1.12 bits per heavy atom. The maximum atomic E-state index is 12.5. The van der Waals surface area contributed by atoms with E-state index in [4.69, 9.17) is 9.47 Å². The number of carbonyl (C=O) groups is 2. The van der Waals surface area contributed by atoms with Gasteiger partial charge < -0.3 is 14.4 Å². The summed E-state index contributed by atoms with van der Waals surface area (Å²) in [6.07, 6.45) is -0.544. The van der Waals surface area contributed by atoms with E-state index in [1.807, 2.05) is 31.2 Å². The lowest BCUT2D eigenvalue weighted by atomic mass is 10.2. The first-order valence-corrected chi connectivity index (χ1v) is 8.48. The standard InChI is InChI=1S/C20H24N2O4/c1-4-25-20(24)21-17-9-6-8-16(14-17)19(23)22(3)11-12-26-18-10-5-7-15(2)13-18/h5-10,13-14H,4,11-12H2,1-3H3,(H,21,24). The van der Waals surface area contributed by atoms with Gasteiger partial charge in [-0.1, -0.05) is 18.2 Å². The van der Waals surface area contributed by atoms with Crippen LogP contribution in [0.25, 0.3) is 0 Å². The van der Waals surface area contributed by atoms with Crippen molar-refractivity contribution in [3.05, 3.63) is 59.7 Å². The summed E-state index contributed by atoms with van der Waals surface area (Å²) >= 11 is 0. The van der Waals surface area contributed by atoms with E-state index in [0.717, 1.165) is 11.3 Å². The third-order valence-corrected chi connectivity index (χ3v) is 3.66. The fraction of sp³-hybridized carbons (Fsp3) is 0.300. The predicted molar refractivity (Wildman–Crippen MR) is 101 cm³/mol. The van der Waals surface area contributed by atoms with Crippen molar-refractivity contribution in [3.63, 3.8) is 0 Å². The number of amides is 2. The minimum atomic E-state index is -0.544. The lowest BCUT2D eigenvalue weighted by Gasteiger charge is -2.18. The van der Waals surface area contributed by atoms with Crippen LogP contribution in [0.15, 0.2) is 48.5 Å². The highest BCUT2D eigenvalue weighted by atomic mass is 16.5. The summed E-state index contributed by atoms with van der Waals surface area (Å²) in [4.78, 5) is 25.6. The molecule has 2 rings (SSSR count). The number of nitrogens with one attached hydrogen (secondary N) is 1. The summed E-state index contributed by atoms with van der Waals surface area (Å²) in [7, 11) is 1.72. The lowest BCUT2D eigenvalue weighted by Crippen LogP contribution is -2.31. The van der Waals surface area contributed by atoms with Crippen LogP contribution in [0.5, 0.6) is 5.75 Å². The first-order chi connectivity index (χ1) is 12.5. The Morgan fingerprint density at radius 2 is 1.88 bits per heavy atom. The molecule has 0 saturated carbocycles. The topological polar surface area (TPSA) is 67.9 Å². The smallest absolute Gasteiger partial charge is 0.411 e. The number of hydrogen-bond donors (Lipinski definition) is 1. The molecule has 0 radical (unpaired) electrons. The van der Waals surface area contributed by atoms with Crippen LogP contribution in [-0.2, 0) is 4.74 Å². The van der Waals surface area contributed by atoms with Crippen LogP contribution in [0.2, 0.25) is 0 Å². The van der Waals surface area contributed by atoms with E-state index in [1.165, 1.54) is 0 Å². The van der Waals surface area contributed by atoms with E-state index in [-0.39, 0.29) is 12.5 Å². The van der Waals surface area contributed by atoms with Gasteiger partial charge in [0, 0.05) is 18.3 Å². The number of likely N-dealkylation sites (N-methyl/N-ethyl adjacent to an activating group) is 1. The highest BCUT2D eigenvalue weighted by Crippen LogP contribution is 2.14. The average Bonchev–Trinajstić information content (AvgIpc) is 2.61. The SMILES string of the molecule is CCOC(=O)Nc1cccc(C(=O)N(C)CCOc2cccc(C)c2)c1. The fourth-order valence-electron chi connectivity index (χ4n) is 2.34. The number of ether oxygens (including phenoxy) is 2. The molecule has 0 unspecified atom stereocenters. The lowest BCUT2D eigenvalue weighted by molar-refractivity contribution is 0.0773. The molecule has 2 aromatic carbocycles. The molecule has 2 amide bonds. The zero-order valence-corrected chi connectivity index (χ0v) is 15.3. The fourth-order valence-corrected chi connectivity index (χ4v) is 2.34. The molecule has 0 fully saturated rings. The van der Waals surface area contributed by atoms with Crippen molar-refractivity contribution in [3.8, 4) is 5.75 Å². The van der Waals surface area contributed by atoms with Crippen molar-refractivity contribution in [2.24, 2.45) is 0 Å². The van der Waals surface area contributed by atoms with Crippen LogP contribution < -0.4 is 10.1 Å². The molecule has 0 spiro atoms. The van der Waals surface area contributed by atoms with Crippen molar-refractivity contribution in [2.45, 2.75) is 13.8 Å². The van der Waals surface area contributed by atoms with Gasteiger partial charge in [-0.25, -0.2) is 4.79 Å². The second kappa shape index (κ2) is 9.46. The summed E-state index contributed by atoms with van der Waals surface area (Å²) in [6.45, 7) is 4.86. The van der Waals surface area contributed by atoms with E-state index >= 15 is 0 Å². The van der Waals surface area contributed by atoms with Gasteiger partial charge in [-0.05, 0) is 49.7 Å². The molecule has 0 bridgehead atoms. The number of rotatable bonds is 7. The highest BCUT2D eigenvalue weighted by molar-refractivity contribution is 5.96. The van der Waals surface area contributed by atoms with Crippen LogP contribution in [0.4, 0.5) is 10.5 Å². The van der Waals surface area contributed by atoms with Crippen LogP contribution in [0, 0.1) is 6.92 Å². The molecule has 6 heteroatoms. The number of hydrogen-bond acceptors (Lipinski definition) is 4. The van der Waals surface area contributed by atoms with Gasteiger partial charge >= 0.3 is 6.09 Å². The second-order valence-corrected chi connectivity index (χ2v) is 5.82. The van der Waals surface area contributed by atoms with Gasteiger partial charge in [0.1, 0.15) is 12.4 Å². The van der Waals surface area contributed by atoms with Crippen LogP contribution in [0.1, 0.15) is 22.8 Å². The van der Waals surface area contributed by atoms with Crippen molar-refractivity contribution >= 4 is 17.7 Å². The summed E-state index contributed by atoms with van der Waals surface area (Å²) in [6, 6.07) is 14.5. The van der Waals surface area contributed by atoms with E-state index in [2.05, 4.69) is 5.32 Å². The van der Waals surface area contributed by atoms with Gasteiger partial charge in [0.15, 0.2) is 0 Å².